The first kappa shape index (κ1) is 26.1. The number of aliphatic carboxylic acids is 1. The molecule has 5 aliphatic carbocycles. The van der Waals surface area contributed by atoms with Gasteiger partial charge in [-0.25, -0.2) is 4.79 Å². The number of benzene rings is 1. The topological polar surface area (TPSA) is 63.6 Å². The van der Waals surface area contributed by atoms with Crippen molar-refractivity contribution in [1.29, 1.82) is 0 Å². The Morgan fingerprint density at radius 1 is 0.842 bits per heavy atom. The number of carbonyl (C=O) groups excluding carboxylic acids is 1. The molecule has 6 rings (SSSR count). The number of hydrogen-bond acceptors (Lipinski definition) is 3. The molecule has 0 aliphatic heterocycles. The molecule has 8 unspecified atom stereocenters. The number of carboxylic acids is 1. The van der Waals surface area contributed by atoms with Crippen LogP contribution in [0.15, 0.2) is 30.3 Å². The van der Waals surface area contributed by atoms with E-state index in [1.807, 2.05) is 12.1 Å². The lowest BCUT2D eigenvalue weighted by atomic mass is 9.36. The van der Waals surface area contributed by atoms with Gasteiger partial charge in [0.25, 0.3) is 0 Å². The minimum absolute atomic E-state index is 0.0500. The normalized spacial score (nSPS) is 43.1. The number of hydrogen-bond donors (Lipinski definition) is 1. The Balaban J connectivity index is 1.31. The van der Waals surface area contributed by atoms with E-state index in [-0.39, 0.29) is 16.8 Å². The highest BCUT2D eigenvalue weighted by atomic mass is 16.5. The SMILES string of the molecule is COC(=O)c1ccc(C2=CCC3(C)C(CCC4(C)C5CCC6(C(=O)O)CCCC6C5CCC43)C2(C)C)cc1. The van der Waals surface area contributed by atoms with Crippen LogP contribution in [-0.2, 0) is 9.53 Å². The molecule has 4 nitrogen and oxygen atoms in total. The maximum absolute atomic E-state index is 12.5. The molecule has 1 N–H and O–H groups in total. The fraction of sp³-hybridized carbons (Fsp3) is 0.706. The average Bonchev–Trinajstić information content (AvgIpc) is 3.34. The Hall–Kier alpha value is -2.10. The van der Waals surface area contributed by atoms with E-state index in [2.05, 4.69) is 45.9 Å². The lowest BCUT2D eigenvalue weighted by Gasteiger charge is -2.68. The molecule has 5 aliphatic rings. The molecule has 4 saturated carbocycles. The number of carbonyl (C=O) groups is 2. The van der Waals surface area contributed by atoms with Crippen molar-refractivity contribution in [3.63, 3.8) is 0 Å². The first-order valence-electron chi connectivity index (χ1n) is 15.1. The summed E-state index contributed by atoms with van der Waals surface area (Å²) >= 11 is 0. The van der Waals surface area contributed by atoms with Gasteiger partial charge < -0.3 is 9.84 Å². The Morgan fingerprint density at radius 3 is 2.26 bits per heavy atom. The Bertz CT molecular complexity index is 1160. The van der Waals surface area contributed by atoms with E-state index in [0.717, 1.165) is 38.5 Å². The Morgan fingerprint density at radius 2 is 1.58 bits per heavy atom. The van der Waals surface area contributed by atoms with Gasteiger partial charge in [0, 0.05) is 0 Å². The molecule has 0 radical (unpaired) electrons. The van der Waals surface area contributed by atoms with Crippen LogP contribution < -0.4 is 0 Å². The molecule has 38 heavy (non-hydrogen) atoms. The number of fused-ring (bicyclic) bond motifs is 7. The van der Waals surface area contributed by atoms with Crippen LogP contribution in [0, 0.1) is 51.2 Å². The summed E-state index contributed by atoms with van der Waals surface area (Å²) in [6, 6.07) is 7.99. The van der Waals surface area contributed by atoms with Crippen molar-refractivity contribution in [3.05, 3.63) is 41.5 Å². The number of ether oxygens (including phenoxy) is 1. The van der Waals surface area contributed by atoms with Gasteiger partial charge in [0.15, 0.2) is 0 Å². The standard InChI is InChI=1S/C34H46O4/c1-31(2)24(21-8-10-22(11-9-21)29(35)38-5)14-18-33(4)27(31)16-19-32(3)25-15-20-34(30(36)37)17-6-7-26(34)23(25)12-13-28(32)33/h8-11,14,23,25-28H,6-7,12-13,15-20H2,1-5H3,(H,36,37). The van der Waals surface area contributed by atoms with E-state index in [9.17, 15) is 14.7 Å². The molecule has 0 spiro atoms. The minimum atomic E-state index is -0.507. The third-order valence-corrected chi connectivity index (χ3v) is 13.1. The first-order valence-corrected chi connectivity index (χ1v) is 15.1. The summed E-state index contributed by atoms with van der Waals surface area (Å²) in [5.74, 6) is 2.17. The quantitative estimate of drug-likeness (QED) is 0.412. The summed E-state index contributed by atoms with van der Waals surface area (Å²) in [6.45, 7) is 10.1. The highest BCUT2D eigenvalue weighted by Crippen LogP contribution is 2.73. The fourth-order valence-corrected chi connectivity index (χ4v) is 11.6. The second-order valence-corrected chi connectivity index (χ2v) is 14.6. The second-order valence-electron chi connectivity index (χ2n) is 14.6. The van der Waals surface area contributed by atoms with Crippen molar-refractivity contribution in [2.75, 3.05) is 7.11 Å². The lowest BCUT2D eigenvalue weighted by Crippen LogP contribution is -2.61. The number of rotatable bonds is 3. The summed E-state index contributed by atoms with van der Waals surface area (Å²) in [5, 5.41) is 10.3. The number of esters is 1. The molecule has 8 atom stereocenters. The zero-order valence-corrected chi connectivity index (χ0v) is 24.0. The van der Waals surface area contributed by atoms with Crippen LogP contribution in [-0.4, -0.2) is 24.2 Å². The predicted molar refractivity (Wildman–Crippen MR) is 149 cm³/mol. The molecule has 0 amide bonds. The molecular weight excluding hydrogens is 472 g/mol. The maximum Gasteiger partial charge on any atom is 0.337 e. The van der Waals surface area contributed by atoms with Crippen LogP contribution in [0.1, 0.15) is 108 Å². The summed E-state index contributed by atoms with van der Waals surface area (Å²) in [5.41, 5.74) is 3.43. The second kappa shape index (κ2) is 8.70. The molecule has 1 aromatic rings. The smallest absolute Gasteiger partial charge is 0.337 e. The van der Waals surface area contributed by atoms with Crippen LogP contribution in [0.5, 0.6) is 0 Å². The molecule has 206 valence electrons. The van der Waals surface area contributed by atoms with E-state index in [1.165, 1.54) is 43.9 Å². The van der Waals surface area contributed by atoms with Crippen molar-refractivity contribution in [2.24, 2.45) is 51.2 Å². The van der Waals surface area contributed by atoms with Crippen molar-refractivity contribution >= 4 is 17.5 Å². The zero-order valence-electron chi connectivity index (χ0n) is 24.0. The summed E-state index contributed by atoms with van der Waals surface area (Å²) in [6.07, 6.45) is 13.7. The molecule has 0 aromatic heterocycles. The van der Waals surface area contributed by atoms with Crippen LogP contribution in [0.2, 0.25) is 0 Å². The summed E-state index contributed by atoms with van der Waals surface area (Å²) in [4.78, 5) is 24.5. The van der Waals surface area contributed by atoms with Crippen molar-refractivity contribution in [3.8, 4) is 0 Å². The van der Waals surface area contributed by atoms with Gasteiger partial charge in [-0.2, -0.15) is 0 Å². The summed E-state index contributed by atoms with van der Waals surface area (Å²) in [7, 11) is 1.43. The lowest BCUT2D eigenvalue weighted by molar-refractivity contribution is -0.187. The molecule has 4 fully saturated rings. The van der Waals surface area contributed by atoms with Gasteiger partial charge in [-0.15, -0.1) is 0 Å². The first-order chi connectivity index (χ1) is 18.0. The number of allylic oxidation sites excluding steroid dienone is 2. The Kier molecular flexibility index (Phi) is 5.98. The van der Waals surface area contributed by atoms with Crippen molar-refractivity contribution in [2.45, 2.75) is 91.9 Å². The van der Waals surface area contributed by atoms with Gasteiger partial charge >= 0.3 is 11.9 Å². The maximum atomic E-state index is 12.5. The van der Waals surface area contributed by atoms with Gasteiger partial charge in [0.05, 0.1) is 18.1 Å². The molecular formula is C34H46O4. The van der Waals surface area contributed by atoms with Crippen LogP contribution >= 0.6 is 0 Å². The van der Waals surface area contributed by atoms with Crippen LogP contribution in [0.4, 0.5) is 0 Å². The molecule has 1 aromatic carbocycles. The third-order valence-electron chi connectivity index (χ3n) is 13.1. The predicted octanol–water partition coefficient (Wildman–Crippen LogP) is 8.02. The van der Waals surface area contributed by atoms with E-state index < -0.39 is 11.4 Å². The average molecular weight is 519 g/mol. The monoisotopic (exact) mass is 518 g/mol. The molecule has 0 saturated heterocycles. The van der Waals surface area contributed by atoms with Crippen LogP contribution in [0.25, 0.3) is 5.57 Å². The molecule has 4 heteroatoms. The fourth-order valence-electron chi connectivity index (χ4n) is 11.6. The minimum Gasteiger partial charge on any atom is -0.481 e. The number of methoxy groups -OCH3 is 1. The zero-order chi connectivity index (χ0) is 27.1. The number of carboxylic acid groups (broad SMARTS) is 1. The van der Waals surface area contributed by atoms with E-state index in [1.54, 1.807) is 0 Å². The summed E-state index contributed by atoms with van der Waals surface area (Å²) < 4.78 is 4.90. The Labute approximate surface area is 228 Å². The largest absolute Gasteiger partial charge is 0.481 e. The van der Waals surface area contributed by atoms with E-state index in [4.69, 9.17) is 4.74 Å². The van der Waals surface area contributed by atoms with Gasteiger partial charge in [-0.1, -0.05) is 52.3 Å². The molecule has 0 heterocycles. The van der Waals surface area contributed by atoms with Gasteiger partial charge in [0.2, 0.25) is 0 Å². The van der Waals surface area contributed by atoms with Gasteiger partial charge in [0.1, 0.15) is 0 Å². The van der Waals surface area contributed by atoms with E-state index in [0.29, 0.717) is 40.6 Å². The van der Waals surface area contributed by atoms with Crippen molar-refractivity contribution < 1.29 is 19.4 Å². The van der Waals surface area contributed by atoms with Gasteiger partial charge in [-0.05, 0) is 127 Å². The third kappa shape index (κ3) is 3.40. The van der Waals surface area contributed by atoms with Gasteiger partial charge in [-0.3, -0.25) is 4.79 Å². The highest BCUT2D eigenvalue weighted by Gasteiger charge is 2.66. The van der Waals surface area contributed by atoms with Crippen molar-refractivity contribution in [1.82, 2.24) is 0 Å². The highest BCUT2D eigenvalue weighted by molar-refractivity contribution is 5.90. The van der Waals surface area contributed by atoms with Crippen LogP contribution in [0.3, 0.4) is 0 Å². The van der Waals surface area contributed by atoms with E-state index >= 15 is 0 Å². The molecule has 0 bridgehead atoms.